The van der Waals surface area contributed by atoms with E-state index in [4.69, 9.17) is 0 Å². The van der Waals surface area contributed by atoms with Crippen molar-refractivity contribution in [3.05, 3.63) is 35.9 Å². The molecule has 3 rings (SSSR count). The Bertz CT molecular complexity index is 520. The SMILES string of the molecule is CC(CC(=O)N(Cc1ccccc1)C(C)C1CC1)C1CCCNC1. The van der Waals surface area contributed by atoms with E-state index in [1.54, 1.807) is 0 Å². The van der Waals surface area contributed by atoms with Crippen LogP contribution in [0.25, 0.3) is 0 Å². The standard InChI is InChI=1S/C21H32N2O/c1-16(20-9-6-12-22-14-20)13-21(24)23(17(2)19-10-11-19)15-18-7-4-3-5-8-18/h3-5,7-8,16-17,19-20,22H,6,9-15H2,1-2H3. The maximum atomic E-state index is 13.1. The maximum Gasteiger partial charge on any atom is 0.223 e. The van der Waals surface area contributed by atoms with Gasteiger partial charge in [-0.1, -0.05) is 37.3 Å². The predicted molar refractivity (Wildman–Crippen MR) is 98.6 cm³/mol. The van der Waals surface area contributed by atoms with E-state index in [0.29, 0.717) is 36.1 Å². The summed E-state index contributed by atoms with van der Waals surface area (Å²) in [6, 6.07) is 10.8. The molecular weight excluding hydrogens is 296 g/mol. The maximum absolute atomic E-state index is 13.1. The Kier molecular flexibility index (Phi) is 5.94. The van der Waals surface area contributed by atoms with Gasteiger partial charge < -0.3 is 10.2 Å². The van der Waals surface area contributed by atoms with Crippen LogP contribution < -0.4 is 5.32 Å². The summed E-state index contributed by atoms with van der Waals surface area (Å²) >= 11 is 0. The first kappa shape index (κ1) is 17.5. The number of nitrogens with zero attached hydrogens (tertiary/aromatic N) is 1. The molecule has 3 atom stereocenters. The van der Waals surface area contributed by atoms with Gasteiger partial charge in [-0.25, -0.2) is 0 Å². The Hall–Kier alpha value is -1.35. The van der Waals surface area contributed by atoms with Gasteiger partial charge in [0, 0.05) is 19.0 Å². The zero-order chi connectivity index (χ0) is 16.9. The molecule has 0 bridgehead atoms. The third kappa shape index (κ3) is 4.60. The van der Waals surface area contributed by atoms with Crippen molar-refractivity contribution in [2.45, 2.75) is 58.5 Å². The van der Waals surface area contributed by atoms with Gasteiger partial charge in [-0.3, -0.25) is 4.79 Å². The van der Waals surface area contributed by atoms with Gasteiger partial charge in [-0.2, -0.15) is 0 Å². The number of nitrogens with one attached hydrogen (secondary N) is 1. The van der Waals surface area contributed by atoms with E-state index in [0.717, 1.165) is 19.6 Å². The van der Waals surface area contributed by atoms with Crippen molar-refractivity contribution in [3.8, 4) is 0 Å². The van der Waals surface area contributed by atoms with Crippen LogP contribution in [-0.4, -0.2) is 29.9 Å². The van der Waals surface area contributed by atoms with Crippen LogP contribution in [-0.2, 0) is 11.3 Å². The summed E-state index contributed by atoms with van der Waals surface area (Å²) in [6.45, 7) is 7.47. The van der Waals surface area contributed by atoms with E-state index < -0.39 is 0 Å². The van der Waals surface area contributed by atoms with Crippen molar-refractivity contribution in [2.24, 2.45) is 17.8 Å². The lowest BCUT2D eigenvalue weighted by molar-refractivity contribution is -0.135. The molecule has 1 aliphatic heterocycles. The molecule has 1 amide bonds. The summed E-state index contributed by atoms with van der Waals surface area (Å²) in [5.41, 5.74) is 1.24. The third-order valence-corrected chi connectivity index (χ3v) is 5.95. The quantitative estimate of drug-likeness (QED) is 0.825. The van der Waals surface area contributed by atoms with Crippen molar-refractivity contribution >= 4 is 5.91 Å². The lowest BCUT2D eigenvalue weighted by atomic mass is 9.85. The van der Waals surface area contributed by atoms with Crippen LogP contribution in [0.1, 0.15) is 51.5 Å². The Morgan fingerprint density at radius 2 is 1.92 bits per heavy atom. The highest BCUT2D eigenvalue weighted by Gasteiger charge is 2.35. The van der Waals surface area contributed by atoms with Crippen LogP contribution in [0.15, 0.2) is 30.3 Å². The van der Waals surface area contributed by atoms with E-state index >= 15 is 0 Å². The molecule has 1 aromatic carbocycles. The second kappa shape index (κ2) is 8.15. The number of benzene rings is 1. The number of hydrogen-bond donors (Lipinski definition) is 1. The molecule has 2 fully saturated rings. The molecule has 0 aromatic heterocycles. The number of piperidine rings is 1. The fourth-order valence-electron chi connectivity index (χ4n) is 4.00. The van der Waals surface area contributed by atoms with Crippen LogP contribution in [0.2, 0.25) is 0 Å². The molecule has 3 unspecified atom stereocenters. The van der Waals surface area contributed by atoms with Gasteiger partial charge >= 0.3 is 0 Å². The van der Waals surface area contributed by atoms with E-state index in [1.165, 1.54) is 31.2 Å². The Labute approximate surface area is 146 Å². The molecule has 0 spiro atoms. The minimum Gasteiger partial charge on any atom is -0.335 e. The highest BCUT2D eigenvalue weighted by atomic mass is 16.2. The number of hydrogen-bond acceptors (Lipinski definition) is 2. The molecule has 0 radical (unpaired) electrons. The smallest absolute Gasteiger partial charge is 0.223 e. The number of carbonyl (C=O) groups is 1. The van der Waals surface area contributed by atoms with E-state index in [-0.39, 0.29) is 0 Å². The van der Waals surface area contributed by atoms with Gasteiger partial charge in [0.2, 0.25) is 5.91 Å². The summed E-state index contributed by atoms with van der Waals surface area (Å²) in [7, 11) is 0. The second-order valence-corrected chi connectivity index (χ2v) is 7.87. The first-order valence-corrected chi connectivity index (χ1v) is 9.69. The van der Waals surface area contributed by atoms with Crippen molar-refractivity contribution in [2.75, 3.05) is 13.1 Å². The molecule has 3 nitrogen and oxygen atoms in total. The van der Waals surface area contributed by atoms with E-state index in [2.05, 4.69) is 48.3 Å². The van der Waals surface area contributed by atoms with Crippen molar-refractivity contribution in [1.29, 1.82) is 0 Å². The number of rotatable bonds is 7. The van der Waals surface area contributed by atoms with Crippen molar-refractivity contribution in [1.82, 2.24) is 10.2 Å². The third-order valence-electron chi connectivity index (χ3n) is 5.95. The fourth-order valence-corrected chi connectivity index (χ4v) is 4.00. The van der Waals surface area contributed by atoms with E-state index in [1.807, 2.05) is 6.07 Å². The molecule has 1 saturated carbocycles. The first-order chi connectivity index (χ1) is 11.6. The Morgan fingerprint density at radius 3 is 2.54 bits per heavy atom. The zero-order valence-corrected chi connectivity index (χ0v) is 15.2. The minimum absolute atomic E-state index is 0.344. The fraction of sp³-hybridized carbons (Fsp3) is 0.667. The zero-order valence-electron chi connectivity index (χ0n) is 15.2. The molecule has 1 aromatic rings. The Balaban J connectivity index is 1.63. The molecular formula is C21H32N2O. The lowest BCUT2D eigenvalue weighted by Crippen LogP contribution is -2.41. The van der Waals surface area contributed by atoms with Gasteiger partial charge in [0.05, 0.1) is 0 Å². The normalized spacial score (nSPS) is 23.5. The first-order valence-electron chi connectivity index (χ1n) is 9.69. The van der Waals surface area contributed by atoms with Gasteiger partial charge in [-0.05, 0) is 69.0 Å². The summed E-state index contributed by atoms with van der Waals surface area (Å²) in [5.74, 6) is 2.17. The van der Waals surface area contributed by atoms with Crippen LogP contribution in [0.5, 0.6) is 0 Å². The second-order valence-electron chi connectivity index (χ2n) is 7.87. The van der Waals surface area contributed by atoms with Gasteiger partial charge in [0.25, 0.3) is 0 Å². The monoisotopic (exact) mass is 328 g/mol. The average molecular weight is 329 g/mol. The molecule has 3 heteroatoms. The van der Waals surface area contributed by atoms with Crippen LogP contribution in [0.3, 0.4) is 0 Å². The van der Waals surface area contributed by atoms with Gasteiger partial charge in [-0.15, -0.1) is 0 Å². The van der Waals surface area contributed by atoms with Crippen LogP contribution >= 0.6 is 0 Å². The largest absolute Gasteiger partial charge is 0.335 e. The van der Waals surface area contributed by atoms with Gasteiger partial charge in [0.1, 0.15) is 0 Å². The highest BCUT2D eigenvalue weighted by Crippen LogP contribution is 2.36. The summed E-state index contributed by atoms with van der Waals surface area (Å²) < 4.78 is 0. The topological polar surface area (TPSA) is 32.3 Å². The number of carbonyl (C=O) groups excluding carboxylic acids is 1. The molecule has 132 valence electrons. The van der Waals surface area contributed by atoms with Gasteiger partial charge in [0.15, 0.2) is 0 Å². The summed E-state index contributed by atoms with van der Waals surface area (Å²) in [6.07, 6.45) is 5.76. The highest BCUT2D eigenvalue weighted by molar-refractivity contribution is 5.77. The summed E-state index contributed by atoms with van der Waals surface area (Å²) in [4.78, 5) is 15.2. The van der Waals surface area contributed by atoms with E-state index in [9.17, 15) is 4.79 Å². The van der Waals surface area contributed by atoms with Crippen LogP contribution in [0.4, 0.5) is 0 Å². The molecule has 1 saturated heterocycles. The molecule has 1 aliphatic carbocycles. The molecule has 1 N–H and O–H groups in total. The van der Waals surface area contributed by atoms with Crippen LogP contribution in [0, 0.1) is 17.8 Å². The molecule has 2 aliphatic rings. The van der Waals surface area contributed by atoms with Crippen molar-refractivity contribution < 1.29 is 4.79 Å². The molecule has 24 heavy (non-hydrogen) atoms. The lowest BCUT2D eigenvalue weighted by Gasteiger charge is -2.33. The molecule has 1 heterocycles. The minimum atomic E-state index is 0.344. The Morgan fingerprint density at radius 1 is 1.17 bits per heavy atom. The summed E-state index contributed by atoms with van der Waals surface area (Å²) in [5, 5.41) is 3.48. The number of amides is 1. The van der Waals surface area contributed by atoms with Crippen molar-refractivity contribution in [3.63, 3.8) is 0 Å². The average Bonchev–Trinajstić information content (AvgIpc) is 3.46. The predicted octanol–water partition coefficient (Wildman–Crippen LogP) is 3.84.